The van der Waals surface area contributed by atoms with E-state index in [4.69, 9.17) is 9.47 Å². The van der Waals surface area contributed by atoms with Crippen molar-refractivity contribution in [3.63, 3.8) is 0 Å². The van der Waals surface area contributed by atoms with E-state index in [0.29, 0.717) is 12.5 Å². The van der Waals surface area contributed by atoms with Crippen LogP contribution in [0.3, 0.4) is 0 Å². The standard InChI is InChI=1S/C21H29N7O3/c1-2-14-11-15(31-21(29)23-5-6-27-7-9-30-10-8-27)12-16(14)20-26-25-18-13-24-19-17(28(18)20)3-4-22-19/h3-4,13-16,22H,2,5-12H2,1H3,(H,23,29)/t14-,15+,16+/m1/s1. The van der Waals surface area contributed by atoms with Crippen molar-refractivity contribution in [2.24, 2.45) is 5.92 Å². The Labute approximate surface area is 180 Å². The highest BCUT2D eigenvalue weighted by molar-refractivity contribution is 5.74. The number of carbonyl (C=O) groups excluding carboxylic acids is 1. The van der Waals surface area contributed by atoms with E-state index in [1.165, 1.54) is 0 Å². The van der Waals surface area contributed by atoms with Crippen molar-refractivity contribution < 1.29 is 14.3 Å². The molecule has 2 fully saturated rings. The number of rotatable bonds is 6. The van der Waals surface area contributed by atoms with Crippen LogP contribution in [0.2, 0.25) is 0 Å². The number of morpholine rings is 1. The molecule has 0 radical (unpaired) electrons. The highest BCUT2D eigenvalue weighted by Gasteiger charge is 2.39. The van der Waals surface area contributed by atoms with Crippen molar-refractivity contribution in [3.05, 3.63) is 24.3 Å². The average molecular weight is 428 g/mol. The molecule has 3 aromatic heterocycles. The van der Waals surface area contributed by atoms with Crippen LogP contribution >= 0.6 is 0 Å². The number of amides is 1. The largest absolute Gasteiger partial charge is 0.446 e. The highest BCUT2D eigenvalue weighted by atomic mass is 16.6. The van der Waals surface area contributed by atoms with E-state index in [1.807, 2.05) is 12.3 Å². The van der Waals surface area contributed by atoms with Gasteiger partial charge in [-0.1, -0.05) is 13.3 Å². The normalized spacial score (nSPS) is 24.7. The number of alkyl carbamates (subject to hydrolysis) is 1. The zero-order valence-electron chi connectivity index (χ0n) is 17.8. The topological polar surface area (TPSA) is 110 Å². The molecule has 3 aromatic rings. The quantitative estimate of drug-likeness (QED) is 0.619. The first-order chi connectivity index (χ1) is 15.2. The van der Waals surface area contributed by atoms with Gasteiger partial charge in [-0.2, -0.15) is 0 Å². The lowest BCUT2D eigenvalue weighted by molar-refractivity contribution is 0.0378. The Hall–Kier alpha value is -2.72. The first-order valence-electron chi connectivity index (χ1n) is 11.1. The summed E-state index contributed by atoms with van der Waals surface area (Å²) in [7, 11) is 0. The second kappa shape index (κ2) is 8.80. The fourth-order valence-corrected chi connectivity index (χ4v) is 4.91. The van der Waals surface area contributed by atoms with Crippen LogP contribution in [-0.2, 0) is 9.47 Å². The molecule has 1 amide bonds. The lowest BCUT2D eigenvalue weighted by atomic mass is 9.93. The molecule has 0 aromatic carbocycles. The third-order valence-electron chi connectivity index (χ3n) is 6.55. The van der Waals surface area contributed by atoms with Crippen LogP contribution in [0, 0.1) is 5.92 Å². The Bertz CT molecular complexity index is 1040. The van der Waals surface area contributed by atoms with Gasteiger partial charge in [-0.3, -0.25) is 9.30 Å². The molecule has 1 saturated carbocycles. The molecule has 31 heavy (non-hydrogen) atoms. The van der Waals surface area contributed by atoms with Crippen LogP contribution in [0.4, 0.5) is 4.79 Å². The fraction of sp³-hybridized carbons (Fsp3) is 0.619. The lowest BCUT2D eigenvalue weighted by Crippen LogP contribution is -2.41. The van der Waals surface area contributed by atoms with Crippen LogP contribution < -0.4 is 5.32 Å². The molecule has 5 rings (SSSR count). The van der Waals surface area contributed by atoms with Gasteiger partial charge in [-0.25, -0.2) is 9.78 Å². The van der Waals surface area contributed by atoms with Crippen molar-refractivity contribution in [3.8, 4) is 0 Å². The molecule has 0 bridgehead atoms. The summed E-state index contributed by atoms with van der Waals surface area (Å²) >= 11 is 0. The summed E-state index contributed by atoms with van der Waals surface area (Å²) in [4.78, 5) is 22.2. The minimum absolute atomic E-state index is 0.116. The van der Waals surface area contributed by atoms with Gasteiger partial charge in [0.15, 0.2) is 11.3 Å². The van der Waals surface area contributed by atoms with Gasteiger partial charge >= 0.3 is 6.09 Å². The van der Waals surface area contributed by atoms with Gasteiger partial charge in [0.05, 0.1) is 24.9 Å². The second-order valence-electron chi connectivity index (χ2n) is 8.38. The molecule has 1 aliphatic carbocycles. The monoisotopic (exact) mass is 427 g/mol. The van der Waals surface area contributed by atoms with Crippen molar-refractivity contribution in [1.82, 2.24) is 34.8 Å². The molecule has 2 aliphatic rings. The molecule has 0 spiro atoms. The number of carbonyl (C=O) groups is 1. The van der Waals surface area contributed by atoms with Gasteiger partial charge in [0.1, 0.15) is 11.9 Å². The van der Waals surface area contributed by atoms with Crippen molar-refractivity contribution in [2.45, 2.75) is 38.2 Å². The maximum absolute atomic E-state index is 12.4. The fourth-order valence-electron chi connectivity index (χ4n) is 4.91. The van der Waals surface area contributed by atoms with Gasteiger partial charge in [0, 0.05) is 38.3 Å². The minimum atomic E-state index is -0.336. The van der Waals surface area contributed by atoms with Gasteiger partial charge in [-0.05, 0) is 24.8 Å². The number of nitrogens with one attached hydrogen (secondary N) is 2. The smallest absolute Gasteiger partial charge is 0.407 e. The van der Waals surface area contributed by atoms with Crippen molar-refractivity contribution in [1.29, 1.82) is 0 Å². The van der Waals surface area contributed by atoms with E-state index in [1.54, 1.807) is 6.20 Å². The molecular formula is C21H29N7O3. The molecule has 166 valence electrons. The Morgan fingerprint density at radius 3 is 3.03 bits per heavy atom. The Morgan fingerprint density at radius 1 is 1.32 bits per heavy atom. The Balaban J connectivity index is 1.23. The Morgan fingerprint density at radius 2 is 2.19 bits per heavy atom. The molecule has 0 unspecified atom stereocenters. The third-order valence-corrected chi connectivity index (χ3v) is 6.55. The number of H-pyrrole nitrogens is 1. The number of aromatic amines is 1. The third kappa shape index (κ3) is 4.09. The summed E-state index contributed by atoms with van der Waals surface area (Å²) in [5, 5.41) is 11.7. The van der Waals surface area contributed by atoms with Gasteiger partial charge < -0.3 is 19.8 Å². The molecule has 4 heterocycles. The molecule has 1 saturated heterocycles. The first kappa shape index (κ1) is 20.2. The second-order valence-corrected chi connectivity index (χ2v) is 8.38. The summed E-state index contributed by atoms with van der Waals surface area (Å²) in [6.07, 6.45) is 5.76. The predicted molar refractivity (Wildman–Crippen MR) is 114 cm³/mol. The van der Waals surface area contributed by atoms with E-state index in [0.717, 1.165) is 74.7 Å². The van der Waals surface area contributed by atoms with Crippen LogP contribution in [0.1, 0.15) is 37.9 Å². The zero-order valence-corrected chi connectivity index (χ0v) is 17.8. The number of aromatic nitrogens is 5. The van der Waals surface area contributed by atoms with E-state index in [-0.39, 0.29) is 18.1 Å². The summed E-state index contributed by atoms with van der Waals surface area (Å²) in [5.74, 6) is 1.50. The van der Waals surface area contributed by atoms with Gasteiger partial charge in [0.25, 0.3) is 0 Å². The number of hydrogen-bond acceptors (Lipinski definition) is 7. The lowest BCUT2D eigenvalue weighted by Gasteiger charge is -2.26. The van der Waals surface area contributed by atoms with E-state index < -0.39 is 0 Å². The maximum Gasteiger partial charge on any atom is 0.407 e. The minimum Gasteiger partial charge on any atom is -0.446 e. The SMILES string of the molecule is CC[C@@H]1C[C@H](OC(=O)NCCN2CCOCC2)C[C@@H]1c1nnc2cnc3[nH]ccc3n12. The maximum atomic E-state index is 12.4. The van der Waals surface area contributed by atoms with Crippen molar-refractivity contribution >= 4 is 22.9 Å². The molecule has 2 N–H and O–H groups in total. The predicted octanol–water partition coefficient (Wildman–Crippen LogP) is 1.94. The Kier molecular flexibility index (Phi) is 5.73. The average Bonchev–Trinajstić information content (AvgIpc) is 3.51. The van der Waals surface area contributed by atoms with Crippen molar-refractivity contribution in [2.75, 3.05) is 39.4 Å². The van der Waals surface area contributed by atoms with Crippen LogP contribution in [0.25, 0.3) is 16.8 Å². The number of nitrogens with zero attached hydrogens (tertiary/aromatic N) is 5. The van der Waals surface area contributed by atoms with Crippen LogP contribution in [0.5, 0.6) is 0 Å². The van der Waals surface area contributed by atoms with E-state index in [9.17, 15) is 4.79 Å². The molecule has 10 heteroatoms. The first-order valence-corrected chi connectivity index (χ1v) is 11.1. The molecular weight excluding hydrogens is 398 g/mol. The highest BCUT2D eigenvalue weighted by Crippen LogP contribution is 2.42. The summed E-state index contributed by atoms with van der Waals surface area (Å²) < 4.78 is 13.2. The summed E-state index contributed by atoms with van der Waals surface area (Å²) in [6.45, 7) is 6.92. The number of ether oxygens (including phenoxy) is 2. The molecule has 1 aliphatic heterocycles. The van der Waals surface area contributed by atoms with E-state index >= 15 is 0 Å². The summed E-state index contributed by atoms with van der Waals surface area (Å²) in [5.41, 5.74) is 2.52. The van der Waals surface area contributed by atoms with Crippen LogP contribution in [0.15, 0.2) is 18.5 Å². The molecule has 3 atom stereocenters. The molecule has 10 nitrogen and oxygen atoms in total. The number of hydrogen-bond donors (Lipinski definition) is 2. The van der Waals surface area contributed by atoms with E-state index in [2.05, 4.69) is 41.7 Å². The van der Waals surface area contributed by atoms with Gasteiger partial charge in [-0.15, -0.1) is 10.2 Å². The number of fused-ring (bicyclic) bond motifs is 3. The van der Waals surface area contributed by atoms with Crippen LogP contribution in [-0.4, -0.2) is 81.1 Å². The summed E-state index contributed by atoms with van der Waals surface area (Å²) in [6, 6.07) is 1.99. The zero-order chi connectivity index (χ0) is 21.2. The van der Waals surface area contributed by atoms with Gasteiger partial charge in [0.2, 0.25) is 0 Å².